The van der Waals surface area contributed by atoms with Crippen LogP contribution in [0.2, 0.25) is 5.02 Å². The van der Waals surface area contributed by atoms with Crippen molar-refractivity contribution in [2.24, 2.45) is 0 Å². The highest BCUT2D eigenvalue weighted by Gasteiger charge is 2.48. The molecule has 240 valence electrons. The van der Waals surface area contributed by atoms with Crippen LogP contribution in [0.3, 0.4) is 0 Å². The summed E-state index contributed by atoms with van der Waals surface area (Å²) in [4.78, 5) is 29.9. The fourth-order valence-corrected chi connectivity index (χ4v) is 7.10. The first kappa shape index (κ1) is 30.6. The predicted octanol–water partition coefficient (Wildman–Crippen LogP) is 3.79. The van der Waals surface area contributed by atoms with E-state index in [9.17, 15) is 18.8 Å². The van der Waals surface area contributed by atoms with Crippen molar-refractivity contribution in [2.45, 2.75) is 31.0 Å². The van der Waals surface area contributed by atoms with Crippen molar-refractivity contribution >= 4 is 39.8 Å². The lowest BCUT2D eigenvalue weighted by Gasteiger charge is -2.42. The molecular weight excluding hydrogens is 620 g/mol. The second-order valence-corrected chi connectivity index (χ2v) is 12.4. The fraction of sp³-hybridized carbons (Fsp3) is 0.438. The third-order valence-electron chi connectivity index (χ3n) is 9.26. The molecule has 3 aromatic rings. The Kier molecular flexibility index (Phi) is 8.14. The number of anilines is 2. The molecule has 0 bridgehead atoms. The van der Waals surface area contributed by atoms with Crippen LogP contribution in [0.1, 0.15) is 17.7 Å². The van der Waals surface area contributed by atoms with Gasteiger partial charge >= 0.3 is 6.01 Å². The molecule has 3 saturated heterocycles. The number of halogens is 3. The number of piperazine rings is 1. The number of carbonyl (C=O) groups excluding carboxylic acids is 1. The molecule has 1 amide bonds. The van der Waals surface area contributed by atoms with Gasteiger partial charge in [0.2, 0.25) is 0 Å². The predicted molar refractivity (Wildman–Crippen MR) is 166 cm³/mol. The van der Waals surface area contributed by atoms with Crippen molar-refractivity contribution in [3.8, 4) is 12.1 Å². The van der Waals surface area contributed by atoms with E-state index in [-0.39, 0.29) is 37.2 Å². The average molecular weight is 652 g/mol. The maximum absolute atomic E-state index is 14.6. The number of nitrogens with zero attached hydrogens (tertiary/aromatic N) is 7. The van der Waals surface area contributed by atoms with E-state index >= 15 is 0 Å². The van der Waals surface area contributed by atoms with E-state index in [0.717, 1.165) is 22.3 Å². The van der Waals surface area contributed by atoms with Crippen molar-refractivity contribution < 1.29 is 27.8 Å². The van der Waals surface area contributed by atoms with Gasteiger partial charge in [0.25, 0.3) is 5.91 Å². The maximum Gasteiger partial charge on any atom is 0.318 e. The van der Waals surface area contributed by atoms with E-state index in [1.807, 2.05) is 23.1 Å². The topological polar surface area (TPSA) is 107 Å². The Morgan fingerprint density at radius 3 is 2.72 bits per heavy atom. The number of hydrogen-bond donors (Lipinski definition) is 0. The molecular formula is C32H32ClF2N7O4. The largest absolute Gasteiger partial charge is 0.461 e. The Labute approximate surface area is 269 Å². The van der Waals surface area contributed by atoms with Crippen LogP contribution in [0.15, 0.2) is 42.7 Å². The number of carbonyl (C=O) groups is 1. The van der Waals surface area contributed by atoms with Crippen LogP contribution in [0.25, 0.3) is 10.8 Å². The Balaban J connectivity index is 1.24. The third-order valence-corrected chi connectivity index (χ3v) is 9.62. The Morgan fingerprint density at radius 1 is 1.15 bits per heavy atom. The summed E-state index contributed by atoms with van der Waals surface area (Å²) >= 11 is 6.48. The van der Waals surface area contributed by atoms with Gasteiger partial charge in [0.15, 0.2) is 5.83 Å². The van der Waals surface area contributed by atoms with Gasteiger partial charge in [-0.3, -0.25) is 4.79 Å². The van der Waals surface area contributed by atoms with Crippen LogP contribution in [-0.2, 0) is 27.2 Å². The fourth-order valence-electron chi connectivity index (χ4n) is 6.83. The van der Waals surface area contributed by atoms with Gasteiger partial charge in [0.1, 0.15) is 37.2 Å². The zero-order valence-corrected chi connectivity index (χ0v) is 25.8. The summed E-state index contributed by atoms with van der Waals surface area (Å²) in [5.74, 6) is -1.70. The van der Waals surface area contributed by atoms with Gasteiger partial charge in [-0.1, -0.05) is 36.4 Å². The Bertz CT molecular complexity index is 1740. The van der Waals surface area contributed by atoms with Gasteiger partial charge in [-0.25, -0.2) is 13.7 Å². The summed E-state index contributed by atoms with van der Waals surface area (Å²) < 4.78 is 46.1. The molecule has 0 radical (unpaired) electrons. The average Bonchev–Trinajstić information content (AvgIpc) is 3.65. The first-order valence-electron chi connectivity index (χ1n) is 15.1. The van der Waals surface area contributed by atoms with Crippen molar-refractivity contribution in [1.29, 1.82) is 5.26 Å². The van der Waals surface area contributed by atoms with Crippen LogP contribution in [0.5, 0.6) is 6.01 Å². The summed E-state index contributed by atoms with van der Waals surface area (Å²) in [7, 11) is 0. The smallest absolute Gasteiger partial charge is 0.318 e. The molecule has 1 atom stereocenters. The number of rotatable bonds is 7. The quantitative estimate of drug-likeness (QED) is 0.350. The molecule has 5 heterocycles. The minimum absolute atomic E-state index is 0.0245. The minimum atomic E-state index is -1.06. The number of hydrogen-bond acceptors (Lipinski definition) is 10. The summed E-state index contributed by atoms with van der Waals surface area (Å²) in [6.07, 6.45) is 0.591. The lowest BCUT2D eigenvalue weighted by atomic mass is 10.0. The number of nitriles is 1. The molecule has 14 heteroatoms. The number of ether oxygens (including phenoxy) is 3. The molecule has 0 unspecified atom stereocenters. The highest BCUT2D eigenvalue weighted by atomic mass is 35.5. The number of benzene rings is 2. The zero-order valence-electron chi connectivity index (χ0n) is 25.1. The molecule has 0 N–H and O–H groups in total. The summed E-state index contributed by atoms with van der Waals surface area (Å²) in [5.41, 5.74) is 2.01. The number of fused-ring (bicyclic) bond motifs is 3. The Morgan fingerprint density at radius 2 is 1.96 bits per heavy atom. The molecule has 0 aliphatic carbocycles. The van der Waals surface area contributed by atoms with E-state index in [1.54, 1.807) is 6.07 Å². The lowest BCUT2D eigenvalue weighted by molar-refractivity contribution is -0.131. The number of amides is 1. The molecule has 3 fully saturated rings. The highest BCUT2D eigenvalue weighted by Crippen LogP contribution is 2.38. The normalized spacial score (nSPS) is 20.8. The summed E-state index contributed by atoms with van der Waals surface area (Å²) in [6.45, 7) is 7.06. The zero-order chi connectivity index (χ0) is 32.0. The monoisotopic (exact) mass is 651 g/mol. The molecule has 4 aliphatic heterocycles. The SMILES string of the molecule is C=C(F)C(=O)N1CCN(c2nc(OCC34COCN3COC4)nc3c2CCN(c2cccc4ccc(F)c(Cl)c24)C3)C[C@@H]1CC#N. The van der Waals surface area contributed by atoms with Crippen molar-refractivity contribution in [3.63, 3.8) is 0 Å². The van der Waals surface area contributed by atoms with Crippen LogP contribution in [-0.4, -0.2) is 96.7 Å². The lowest BCUT2D eigenvalue weighted by Crippen LogP contribution is -2.55. The summed E-state index contributed by atoms with van der Waals surface area (Å²) in [6, 6.07) is 10.6. The second-order valence-electron chi connectivity index (χ2n) is 12.0. The molecule has 46 heavy (non-hydrogen) atoms. The highest BCUT2D eigenvalue weighted by molar-refractivity contribution is 6.36. The molecule has 0 spiro atoms. The minimum Gasteiger partial charge on any atom is -0.461 e. The van der Waals surface area contributed by atoms with E-state index in [0.29, 0.717) is 63.9 Å². The molecule has 7 rings (SSSR count). The first-order valence-corrected chi connectivity index (χ1v) is 15.5. The van der Waals surface area contributed by atoms with Crippen LogP contribution in [0.4, 0.5) is 20.3 Å². The maximum atomic E-state index is 14.6. The van der Waals surface area contributed by atoms with Crippen molar-refractivity contribution in [2.75, 3.05) is 69.3 Å². The molecule has 1 aromatic heterocycles. The van der Waals surface area contributed by atoms with Crippen LogP contribution < -0.4 is 14.5 Å². The Hall–Kier alpha value is -4.09. The van der Waals surface area contributed by atoms with E-state index in [1.165, 1.54) is 11.0 Å². The molecule has 11 nitrogen and oxygen atoms in total. The van der Waals surface area contributed by atoms with Crippen LogP contribution >= 0.6 is 11.6 Å². The van der Waals surface area contributed by atoms with E-state index in [4.69, 9.17) is 35.8 Å². The van der Waals surface area contributed by atoms with Gasteiger partial charge in [0, 0.05) is 42.8 Å². The van der Waals surface area contributed by atoms with Crippen LogP contribution in [0, 0.1) is 17.1 Å². The van der Waals surface area contributed by atoms with E-state index < -0.39 is 29.1 Å². The molecule has 2 aromatic carbocycles. The van der Waals surface area contributed by atoms with Gasteiger partial charge in [-0.05, 0) is 23.9 Å². The van der Waals surface area contributed by atoms with Crippen molar-refractivity contribution in [3.05, 3.63) is 64.8 Å². The van der Waals surface area contributed by atoms with Gasteiger partial charge in [0.05, 0.1) is 49.0 Å². The standard InChI is InChI=1S/C32H32ClF2N7O4/c1-20(34)30(43)42-12-11-40(13-22(42)7-9-36)29-23-8-10-39(26-4-2-3-21-5-6-24(35)28(33)27(21)26)14-25(23)37-31(38-29)46-17-32-15-44-18-41(32)19-45-16-32/h2-6,22H,1,7-8,10-19H2/t22-/m0/s1. The molecule has 4 aliphatic rings. The van der Waals surface area contributed by atoms with Gasteiger partial charge in [-0.2, -0.15) is 15.2 Å². The van der Waals surface area contributed by atoms with Gasteiger partial charge < -0.3 is 28.9 Å². The summed E-state index contributed by atoms with van der Waals surface area (Å²) in [5, 5.41) is 11.0. The third kappa shape index (κ3) is 5.39. The first-order chi connectivity index (χ1) is 22.3. The van der Waals surface area contributed by atoms with Gasteiger partial charge in [-0.15, -0.1) is 0 Å². The second kappa shape index (κ2) is 12.3. The number of aromatic nitrogens is 2. The van der Waals surface area contributed by atoms with E-state index in [2.05, 4.69) is 22.4 Å². The molecule has 0 saturated carbocycles. The van der Waals surface area contributed by atoms with Crippen molar-refractivity contribution in [1.82, 2.24) is 19.8 Å².